The SMILES string of the molecule is COc1ccc(C2c3c(oc4ccccc4c3=O)C(=O)N2c2ccccn2)cc1. The molecule has 0 saturated carbocycles. The Kier molecular flexibility index (Phi) is 3.91. The van der Waals surface area contributed by atoms with Gasteiger partial charge in [0.05, 0.1) is 24.1 Å². The summed E-state index contributed by atoms with van der Waals surface area (Å²) in [5.74, 6) is 0.809. The second-order valence-electron chi connectivity index (χ2n) is 6.71. The average Bonchev–Trinajstić information content (AvgIpc) is 3.07. The lowest BCUT2D eigenvalue weighted by molar-refractivity contribution is 0.0970. The molecule has 6 heteroatoms. The predicted molar refractivity (Wildman–Crippen MR) is 108 cm³/mol. The van der Waals surface area contributed by atoms with Crippen LogP contribution in [-0.2, 0) is 0 Å². The van der Waals surface area contributed by atoms with Gasteiger partial charge in [-0.2, -0.15) is 0 Å². The monoisotopic (exact) mass is 384 g/mol. The van der Waals surface area contributed by atoms with Crippen molar-refractivity contribution in [2.45, 2.75) is 6.04 Å². The molecule has 5 rings (SSSR count). The van der Waals surface area contributed by atoms with Crippen molar-refractivity contribution < 1.29 is 13.9 Å². The minimum absolute atomic E-state index is 0.0557. The third kappa shape index (κ3) is 2.61. The van der Waals surface area contributed by atoms with Gasteiger partial charge in [-0.3, -0.25) is 14.5 Å². The van der Waals surface area contributed by atoms with Crippen molar-refractivity contribution in [3.63, 3.8) is 0 Å². The Morgan fingerprint density at radius 1 is 0.966 bits per heavy atom. The summed E-state index contributed by atoms with van der Waals surface area (Å²) in [6, 6.07) is 18.9. The summed E-state index contributed by atoms with van der Waals surface area (Å²) < 4.78 is 11.1. The molecule has 2 aromatic heterocycles. The lowest BCUT2D eigenvalue weighted by Gasteiger charge is -2.24. The van der Waals surface area contributed by atoms with E-state index < -0.39 is 6.04 Å². The molecule has 2 aromatic carbocycles. The fourth-order valence-electron chi connectivity index (χ4n) is 3.75. The highest BCUT2D eigenvalue weighted by molar-refractivity contribution is 6.10. The van der Waals surface area contributed by atoms with E-state index in [9.17, 15) is 9.59 Å². The number of aromatic nitrogens is 1. The molecule has 1 atom stereocenters. The first-order valence-corrected chi connectivity index (χ1v) is 9.13. The number of hydrogen-bond acceptors (Lipinski definition) is 5. The van der Waals surface area contributed by atoms with Gasteiger partial charge in [0.25, 0.3) is 5.91 Å². The van der Waals surface area contributed by atoms with Crippen LogP contribution in [0.5, 0.6) is 5.75 Å². The molecule has 0 spiro atoms. The van der Waals surface area contributed by atoms with E-state index in [1.54, 1.807) is 67.9 Å². The van der Waals surface area contributed by atoms with Gasteiger partial charge >= 0.3 is 0 Å². The van der Waals surface area contributed by atoms with Gasteiger partial charge < -0.3 is 9.15 Å². The van der Waals surface area contributed by atoms with Crippen molar-refractivity contribution >= 4 is 22.7 Å². The van der Waals surface area contributed by atoms with Crippen LogP contribution in [0.25, 0.3) is 11.0 Å². The van der Waals surface area contributed by atoms with Crippen molar-refractivity contribution in [2.75, 3.05) is 12.0 Å². The van der Waals surface area contributed by atoms with Crippen molar-refractivity contribution in [3.8, 4) is 5.75 Å². The van der Waals surface area contributed by atoms with E-state index in [1.807, 2.05) is 12.1 Å². The molecule has 0 N–H and O–H groups in total. The molecule has 4 aromatic rings. The molecular formula is C23H16N2O4. The lowest BCUT2D eigenvalue weighted by Crippen LogP contribution is -2.30. The van der Waals surface area contributed by atoms with E-state index in [0.717, 1.165) is 5.56 Å². The molecule has 0 fully saturated rings. The summed E-state index contributed by atoms with van der Waals surface area (Å²) in [6.45, 7) is 0. The van der Waals surface area contributed by atoms with E-state index >= 15 is 0 Å². The minimum atomic E-state index is -0.640. The Balaban J connectivity index is 1.80. The Morgan fingerprint density at radius 2 is 1.72 bits per heavy atom. The number of nitrogens with zero attached hydrogens (tertiary/aromatic N) is 2. The molecule has 6 nitrogen and oxygen atoms in total. The van der Waals surface area contributed by atoms with E-state index in [0.29, 0.717) is 28.1 Å². The Bertz CT molecular complexity index is 1280. The zero-order valence-electron chi connectivity index (χ0n) is 15.5. The summed E-state index contributed by atoms with van der Waals surface area (Å²) in [7, 11) is 1.59. The largest absolute Gasteiger partial charge is 0.497 e. The van der Waals surface area contributed by atoms with Gasteiger partial charge in [0, 0.05) is 6.20 Å². The number of fused-ring (bicyclic) bond motifs is 2. The summed E-state index contributed by atoms with van der Waals surface area (Å²) in [4.78, 5) is 32.5. The number of rotatable bonds is 3. The number of pyridine rings is 1. The summed E-state index contributed by atoms with van der Waals surface area (Å²) >= 11 is 0. The summed E-state index contributed by atoms with van der Waals surface area (Å²) in [6.07, 6.45) is 1.61. The van der Waals surface area contributed by atoms with Crippen LogP contribution in [0, 0.1) is 0 Å². The van der Waals surface area contributed by atoms with Crippen molar-refractivity contribution in [1.29, 1.82) is 0 Å². The molecule has 0 aliphatic carbocycles. The minimum Gasteiger partial charge on any atom is -0.497 e. The van der Waals surface area contributed by atoms with E-state index in [2.05, 4.69) is 4.98 Å². The topological polar surface area (TPSA) is 72.6 Å². The van der Waals surface area contributed by atoms with Gasteiger partial charge in [0.15, 0.2) is 5.43 Å². The fraction of sp³-hybridized carbons (Fsp3) is 0.0870. The number of hydrogen-bond donors (Lipinski definition) is 0. The number of anilines is 1. The molecular weight excluding hydrogens is 368 g/mol. The molecule has 29 heavy (non-hydrogen) atoms. The van der Waals surface area contributed by atoms with Gasteiger partial charge in [0.1, 0.15) is 17.2 Å². The Hall–Kier alpha value is -3.93. The first-order valence-electron chi connectivity index (χ1n) is 9.13. The predicted octanol–water partition coefficient (Wildman–Crippen LogP) is 3.95. The normalized spacial score (nSPS) is 15.6. The number of methoxy groups -OCH3 is 1. The van der Waals surface area contributed by atoms with Crippen LogP contribution in [-0.4, -0.2) is 18.0 Å². The number of carbonyl (C=O) groups is 1. The highest BCUT2D eigenvalue weighted by atomic mass is 16.5. The van der Waals surface area contributed by atoms with Gasteiger partial charge in [-0.25, -0.2) is 4.98 Å². The van der Waals surface area contributed by atoms with Crippen molar-refractivity contribution in [2.24, 2.45) is 0 Å². The zero-order valence-corrected chi connectivity index (χ0v) is 15.5. The van der Waals surface area contributed by atoms with Crippen LogP contribution in [0.3, 0.4) is 0 Å². The maximum atomic E-state index is 13.4. The van der Waals surface area contributed by atoms with Crippen LogP contribution in [0.4, 0.5) is 5.82 Å². The van der Waals surface area contributed by atoms with E-state index in [1.165, 1.54) is 4.90 Å². The Labute approximate surface area is 166 Å². The van der Waals surface area contributed by atoms with Gasteiger partial charge in [-0.05, 0) is 42.0 Å². The van der Waals surface area contributed by atoms with E-state index in [4.69, 9.17) is 9.15 Å². The lowest BCUT2D eigenvalue weighted by atomic mass is 9.98. The first kappa shape index (κ1) is 17.2. The quantitative estimate of drug-likeness (QED) is 0.535. The molecule has 0 radical (unpaired) electrons. The number of carbonyl (C=O) groups excluding carboxylic acids is 1. The molecule has 1 unspecified atom stereocenters. The molecule has 0 bridgehead atoms. The first-order chi connectivity index (χ1) is 14.2. The molecule has 1 aliphatic rings. The second kappa shape index (κ2) is 6.60. The van der Waals surface area contributed by atoms with Crippen LogP contribution >= 0.6 is 0 Å². The third-order valence-corrected chi connectivity index (χ3v) is 5.11. The molecule has 3 heterocycles. The number of ether oxygens (including phenoxy) is 1. The third-order valence-electron chi connectivity index (χ3n) is 5.11. The summed E-state index contributed by atoms with van der Waals surface area (Å²) in [5.41, 5.74) is 1.27. The summed E-state index contributed by atoms with van der Waals surface area (Å²) in [5, 5.41) is 0.445. The highest BCUT2D eigenvalue weighted by Gasteiger charge is 2.44. The van der Waals surface area contributed by atoms with Gasteiger partial charge in [-0.1, -0.05) is 30.3 Å². The molecule has 142 valence electrons. The van der Waals surface area contributed by atoms with Crippen molar-refractivity contribution in [1.82, 2.24) is 4.98 Å². The maximum Gasteiger partial charge on any atom is 0.296 e. The van der Waals surface area contributed by atoms with Crippen LogP contribution in [0.1, 0.15) is 27.7 Å². The van der Waals surface area contributed by atoms with Crippen LogP contribution < -0.4 is 15.1 Å². The Morgan fingerprint density at radius 3 is 2.45 bits per heavy atom. The smallest absolute Gasteiger partial charge is 0.296 e. The van der Waals surface area contributed by atoms with E-state index in [-0.39, 0.29) is 17.1 Å². The fourth-order valence-corrected chi connectivity index (χ4v) is 3.75. The standard InChI is InChI=1S/C23H16N2O4/c1-28-15-11-9-14(10-12-15)20-19-21(26)16-6-2-3-7-17(16)29-22(19)23(27)25(20)18-8-4-5-13-24-18/h2-13,20H,1H3. The maximum absolute atomic E-state index is 13.4. The molecule has 1 aliphatic heterocycles. The van der Waals surface area contributed by atoms with Crippen LogP contribution in [0.2, 0.25) is 0 Å². The van der Waals surface area contributed by atoms with Gasteiger partial charge in [0.2, 0.25) is 5.76 Å². The second-order valence-corrected chi connectivity index (χ2v) is 6.71. The molecule has 0 saturated heterocycles. The average molecular weight is 384 g/mol. The highest BCUT2D eigenvalue weighted by Crippen LogP contribution is 2.40. The zero-order chi connectivity index (χ0) is 20.0. The van der Waals surface area contributed by atoms with Gasteiger partial charge in [-0.15, -0.1) is 0 Å². The van der Waals surface area contributed by atoms with Crippen molar-refractivity contribution in [3.05, 3.63) is 100 Å². The number of para-hydroxylation sites is 1. The van der Waals surface area contributed by atoms with Crippen LogP contribution in [0.15, 0.2) is 82.1 Å². The number of amides is 1. The number of benzene rings is 2. The molecule has 1 amide bonds.